The van der Waals surface area contributed by atoms with Gasteiger partial charge < -0.3 is 20.3 Å². The number of rotatable bonds is 4. The van der Waals surface area contributed by atoms with Crippen LogP contribution in [0.4, 0.5) is 5.69 Å². The summed E-state index contributed by atoms with van der Waals surface area (Å²) in [6, 6.07) is 5.70. The van der Waals surface area contributed by atoms with E-state index in [-0.39, 0.29) is 18.8 Å². The van der Waals surface area contributed by atoms with E-state index in [9.17, 15) is 5.11 Å². The standard InChI is InChI=1S/C14H22N2O3/c1-10-6-16(8-13(9-17)19-10)7-11-3-4-12(15)5-14(11)18-2/h3-5,10,13,17H,6-9,15H2,1-2H3. The van der Waals surface area contributed by atoms with E-state index in [1.807, 2.05) is 25.1 Å². The maximum atomic E-state index is 9.24. The van der Waals surface area contributed by atoms with Crippen molar-refractivity contribution in [3.63, 3.8) is 0 Å². The van der Waals surface area contributed by atoms with Crippen LogP contribution in [0, 0.1) is 0 Å². The molecule has 5 heteroatoms. The number of aliphatic hydroxyl groups excluding tert-OH is 1. The van der Waals surface area contributed by atoms with Gasteiger partial charge in [-0.1, -0.05) is 6.07 Å². The number of methoxy groups -OCH3 is 1. The van der Waals surface area contributed by atoms with Gasteiger partial charge in [-0.05, 0) is 13.0 Å². The quantitative estimate of drug-likeness (QED) is 0.791. The molecule has 0 spiro atoms. The van der Waals surface area contributed by atoms with Crippen LogP contribution in [-0.2, 0) is 11.3 Å². The summed E-state index contributed by atoms with van der Waals surface area (Å²) in [5, 5.41) is 9.24. The lowest BCUT2D eigenvalue weighted by molar-refractivity contribution is -0.0973. The highest BCUT2D eigenvalue weighted by atomic mass is 16.5. The fourth-order valence-corrected chi connectivity index (χ4v) is 2.50. The van der Waals surface area contributed by atoms with Crippen LogP contribution in [0.1, 0.15) is 12.5 Å². The van der Waals surface area contributed by atoms with Gasteiger partial charge in [-0.2, -0.15) is 0 Å². The first-order valence-electron chi connectivity index (χ1n) is 6.53. The van der Waals surface area contributed by atoms with Gasteiger partial charge in [-0.3, -0.25) is 4.90 Å². The summed E-state index contributed by atoms with van der Waals surface area (Å²) in [5.41, 5.74) is 7.55. The van der Waals surface area contributed by atoms with Crippen molar-refractivity contribution in [2.24, 2.45) is 0 Å². The molecule has 5 nitrogen and oxygen atoms in total. The lowest BCUT2D eigenvalue weighted by atomic mass is 10.1. The molecule has 2 atom stereocenters. The number of benzene rings is 1. The largest absolute Gasteiger partial charge is 0.496 e. The monoisotopic (exact) mass is 266 g/mol. The molecule has 2 rings (SSSR count). The summed E-state index contributed by atoms with van der Waals surface area (Å²) >= 11 is 0. The molecule has 1 aromatic carbocycles. The number of nitrogen functional groups attached to an aromatic ring is 1. The zero-order valence-electron chi connectivity index (χ0n) is 11.5. The molecule has 0 saturated carbocycles. The lowest BCUT2D eigenvalue weighted by Crippen LogP contribution is -2.47. The van der Waals surface area contributed by atoms with E-state index in [2.05, 4.69) is 4.90 Å². The van der Waals surface area contributed by atoms with Crippen LogP contribution in [0.2, 0.25) is 0 Å². The third-order valence-corrected chi connectivity index (χ3v) is 3.31. The highest BCUT2D eigenvalue weighted by Gasteiger charge is 2.25. The molecule has 2 unspecified atom stereocenters. The number of ether oxygens (including phenoxy) is 2. The van der Waals surface area contributed by atoms with Crippen LogP contribution in [0.25, 0.3) is 0 Å². The van der Waals surface area contributed by atoms with Crippen molar-refractivity contribution in [3.05, 3.63) is 23.8 Å². The number of aliphatic hydroxyl groups is 1. The average Bonchev–Trinajstić information content (AvgIpc) is 2.40. The molecule has 1 fully saturated rings. The van der Waals surface area contributed by atoms with Crippen LogP contribution >= 0.6 is 0 Å². The maximum absolute atomic E-state index is 9.24. The minimum absolute atomic E-state index is 0.0553. The van der Waals surface area contributed by atoms with Crippen molar-refractivity contribution in [1.82, 2.24) is 4.90 Å². The minimum atomic E-state index is -0.108. The van der Waals surface area contributed by atoms with Crippen molar-refractivity contribution in [3.8, 4) is 5.75 Å². The third kappa shape index (κ3) is 3.59. The molecule has 0 aromatic heterocycles. The van der Waals surface area contributed by atoms with E-state index in [1.54, 1.807) is 7.11 Å². The summed E-state index contributed by atoms with van der Waals surface area (Å²) in [7, 11) is 1.65. The summed E-state index contributed by atoms with van der Waals surface area (Å²) in [6.45, 7) is 4.43. The second-order valence-corrected chi connectivity index (χ2v) is 5.02. The Labute approximate surface area is 113 Å². The maximum Gasteiger partial charge on any atom is 0.125 e. The molecule has 0 aliphatic carbocycles. The highest BCUT2D eigenvalue weighted by molar-refractivity contribution is 5.48. The molecular formula is C14H22N2O3. The average molecular weight is 266 g/mol. The number of anilines is 1. The Morgan fingerprint density at radius 3 is 2.95 bits per heavy atom. The minimum Gasteiger partial charge on any atom is -0.496 e. The van der Waals surface area contributed by atoms with Gasteiger partial charge in [0.25, 0.3) is 0 Å². The van der Waals surface area contributed by atoms with Gasteiger partial charge >= 0.3 is 0 Å². The normalized spacial score (nSPS) is 24.4. The van der Waals surface area contributed by atoms with E-state index in [4.69, 9.17) is 15.2 Å². The molecular weight excluding hydrogens is 244 g/mol. The molecule has 0 bridgehead atoms. The molecule has 3 N–H and O–H groups in total. The summed E-state index contributed by atoms with van der Waals surface area (Å²) in [4.78, 5) is 2.27. The SMILES string of the molecule is COc1cc(N)ccc1CN1CC(C)OC(CO)C1. The summed E-state index contributed by atoms with van der Waals surface area (Å²) in [5.74, 6) is 0.805. The van der Waals surface area contributed by atoms with E-state index >= 15 is 0 Å². The van der Waals surface area contributed by atoms with Crippen molar-refractivity contribution >= 4 is 5.69 Å². The van der Waals surface area contributed by atoms with Crippen LogP contribution < -0.4 is 10.5 Å². The lowest BCUT2D eigenvalue weighted by Gasteiger charge is -2.36. The second kappa shape index (κ2) is 6.23. The highest BCUT2D eigenvalue weighted by Crippen LogP contribution is 2.24. The van der Waals surface area contributed by atoms with Crippen LogP contribution in [0.5, 0.6) is 5.75 Å². The van der Waals surface area contributed by atoms with E-state index in [0.717, 1.165) is 30.9 Å². The van der Waals surface area contributed by atoms with Gasteiger partial charge in [0.2, 0.25) is 0 Å². The second-order valence-electron chi connectivity index (χ2n) is 5.02. The van der Waals surface area contributed by atoms with E-state index in [1.165, 1.54) is 0 Å². The first kappa shape index (κ1) is 14.1. The zero-order chi connectivity index (χ0) is 13.8. The number of hydrogen-bond acceptors (Lipinski definition) is 5. The Morgan fingerprint density at radius 1 is 1.47 bits per heavy atom. The predicted molar refractivity (Wildman–Crippen MR) is 74.1 cm³/mol. The number of nitrogens with two attached hydrogens (primary N) is 1. The van der Waals surface area contributed by atoms with Crippen molar-refractivity contribution in [2.45, 2.75) is 25.7 Å². The van der Waals surface area contributed by atoms with E-state index in [0.29, 0.717) is 5.69 Å². The Bertz CT molecular complexity index is 425. The van der Waals surface area contributed by atoms with Gasteiger partial charge in [0.05, 0.1) is 25.9 Å². The Morgan fingerprint density at radius 2 is 2.26 bits per heavy atom. The topological polar surface area (TPSA) is 68.0 Å². The fraction of sp³-hybridized carbons (Fsp3) is 0.571. The van der Waals surface area contributed by atoms with Crippen LogP contribution in [-0.4, -0.2) is 49.0 Å². The Kier molecular flexibility index (Phi) is 4.63. The molecule has 1 aromatic rings. The molecule has 0 radical (unpaired) electrons. The molecule has 106 valence electrons. The Balaban J connectivity index is 2.07. The molecule has 1 saturated heterocycles. The summed E-state index contributed by atoms with van der Waals surface area (Å²) < 4.78 is 11.0. The van der Waals surface area contributed by atoms with Crippen LogP contribution in [0.15, 0.2) is 18.2 Å². The number of morpholine rings is 1. The first-order valence-corrected chi connectivity index (χ1v) is 6.53. The van der Waals surface area contributed by atoms with Crippen molar-refractivity contribution in [2.75, 3.05) is 32.5 Å². The molecule has 1 aliphatic heterocycles. The smallest absolute Gasteiger partial charge is 0.125 e. The fourth-order valence-electron chi connectivity index (χ4n) is 2.50. The first-order chi connectivity index (χ1) is 9.12. The zero-order valence-corrected chi connectivity index (χ0v) is 11.5. The molecule has 1 aliphatic rings. The molecule has 19 heavy (non-hydrogen) atoms. The van der Waals surface area contributed by atoms with Gasteiger partial charge in [-0.15, -0.1) is 0 Å². The third-order valence-electron chi connectivity index (χ3n) is 3.31. The van der Waals surface area contributed by atoms with Crippen molar-refractivity contribution in [1.29, 1.82) is 0 Å². The van der Waals surface area contributed by atoms with Crippen LogP contribution in [0.3, 0.4) is 0 Å². The van der Waals surface area contributed by atoms with Gasteiger partial charge in [0.15, 0.2) is 0 Å². The van der Waals surface area contributed by atoms with Gasteiger partial charge in [0.1, 0.15) is 5.75 Å². The summed E-state index contributed by atoms with van der Waals surface area (Å²) in [6.07, 6.45) is 0.0224. The Hall–Kier alpha value is -1.30. The van der Waals surface area contributed by atoms with Gasteiger partial charge in [-0.25, -0.2) is 0 Å². The number of hydrogen-bond donors (Lipinski definition) is 2. The van der Waals surface area contributed by atoms with Crippen molar-refractivity contribution < 1.29 is 14.6 Å². The predicted octanol–water partition coefficient (Wildman–Crippen LogP) is 0.859. The number of nitrogens with zero attached hydrogens (tertiary/aromatic N) is 1. The van der Waals surface area contributed by atoms with E-state index < -0.39 is 0 Å². The molecule has 0 amide bonds. The van der Waals surface area contributed by atoms with Gasteiger partial charge in [0, 0.05) is 37.0 Å². The molecule has 1 heterocycles.